The molecule has 1 saturated heterocycles. The van der Waals surface area contributed by atoms with Crippen LogP contribution in [0.4, 0.5) is 0 Å². The van der Waals surface area contributed by atoms with Crippen molar-refractivity contribution in [2.24, 2.45) is 5.41 Å². The van der Waals surface area contributed by atoms with Gasteiger partial charge in [0.1, 0.15) is 5.41 Å². The largest absolute Gasteiger partial charge is 0.379 e. The second-order valence-corrected chi connectivity index (χ2v) is 5.46. The molecular formula is C14H23N3O2. The molecule has 19 heavy (non-hydrogen) atoms. The summed E-state index contributed by atoms with van der Waals surface area (Å²) in [5.74, 6) is -0.0667. The van der Waals surface area contributed by atoms with E-state index < -0.39 is 5.41 Å². The van der Waals surface area contributed by atoms with Gasteiger partial charge in [-0.15, -0.1) is 0 Å². The molecule has 2 aliphatic rings. The molecule has 1 saturated carbocycles. The van der Waals surface area contributed by atoms with E-state index in [1.807, 2.05) is 0 Å². The molecule has 1 heterocycles. The van der Waals surface area contributed by atoms with Gasteiger partial charge in [-0.2, -0.15) is 5.26 Å². The summed E-state index contributed by atoms with van der Waals surface area (Å²) in [6.07, 6.45) is 4.55. The normalized spacial score (nSPS) is 23.5. The molecular weight excluding hydrogens is 242 g/mol. The highest BCUT2D eigenvalue weighted by Crippen LogP contribution is 2.35. The van der Waals surface area contributed by atoms with Crippen LogP contribution in [0.2, 0.25) is 0 Å². The molecule has 0 aromatic rings. The third kappa shape index (κ3) is 3.68. The molecule has 0 unspecified atom stereocenters. The summed E-state index contributed by atoms with van der Waals surface area (Å²) in [6.45, 7) is 4.88. The highest BCUT2D eigenvalue weighted by atomic mass is 16.5. The number of carbonyl (C=O) groups excluding carboxylic acids is 1. The molecule has 0 bridgehead atoms. The summed E-state index contributed by atoms with van der Waals surface area (Å²) in [5, 5.41) is 12.3. The Balaban J connectivity index is 1.75. The zero-order valence-corrected chi connectivity index (χ0v) is 11.5. The van der Waals surface area contributed by atoms with Crippen molar-refractivity contribution in [3.05, 3.63) is 0 Å². The van der Waals surface area contributed by atoms with Gasteiger partial charge in [-0.1, -0.05) is 19.3 Å². The molecule has 1 N–H and O–H groups in total. The molecule has 0 aromatic heterocycles. The quantitative estimate of drug-likeness (QED) is 0.820. The van der Waals surface area contributed by atoms with Crippen LogP contribution in [0, 0.1) is 16.7 Å². The second-order valence-electron chi connectivity index (χ2n) is 5.46. The Bertz CT molecular complexity index is 339. The highest BCUT2D eigenvalue weighted by Gasteiger charge is 2.39. The van der Waals surface area contributed by atoms with Crippen molar-refractivity contribution >= 4 is 5.91 Å². The number of nitrogens with zero attached hydrogens (tertiary/aromatic N) is 2. The van der Waals surface area contributed by atoms with Gasteiger partial charge in [0.25, 0.3) is 0 Å². The van der Waals surface area contributed by atoms with Crippen LogP contribution in [0.5, 0.6) is 0 Å². The number of hydrogen-bond acceptors (Lipinski definition) is 4. The molecule has 5 nitrogen and oxygen atoms in total. The number of nitrogens with one attached hydrogen (secondary N) is 1. The number of nitriles is 1. The lowest BCUT2D eigenvalue weighted by Crippen LogP contribution is -2.46. The van der Waals surface area contributed by atoms with E-state index >= 15 is 0 Å². The number of ether oxygens (including phenoxy) is 1. The predicted molar refractivity (Wildman–Crippen MR) is 71.4 cm³/mol. The molecule has 0 spiro atoms. The number of rotatable bonds is 4. The summed E-state index contributed by atoms with van der Waals surface area (Å²) < 4.78 is 5.28. The van der Waals surface area contributed by atoms with Gasteiger partial charge in [0.2, 0.25) is 5.91 Å². The maximum Gasteiger partial charge on any atom is 0.240 e. The van der Waals surface area contributed by atoms with Crippen molar-refractivity contribution in [3.63, 3.8) is 0 Å². The van der Waals surface area contributed by atoms with Gasteiger partial charge < -0.3 is 10.1 Å². The van der Waals surface area contributed by atoms with Crippen LogP contribution in [0.15, 0.2) is 0 Å². The lowest BCUT2D eigenvalue weighted by atomic mass is 9.74. The summed E-state index contributed by atoms with van der Waals surface area (Å²) in [7, 11) is 0. The van der Waals surface area contributed by atoms with Crippen LogP contribution in [0.1, 0.15) is 32.1 Å². The summed E-state index contributed by atoms with van der Waals surface area (Å²) in [5.41, 5.74) is -0.761. The first-order valence-electron chi connectivity index (χ1n) is 7.26. The van der Waals surface area contributed by atoms with Crippen molar-refractivity contribution < 1.29 is 9.53 Å². The summed E-state index contributed by atoms with van der Waals surface area (Å²) in [4.78, 5) is 14.5. The van der Waals surface area contributed by atoms with Crippen LogP contribution < -0.4 is 5.32 Å². The van der Waals surface area contributed by atoms with Gasteiger partial charge in [-0.3, -0.25) is 9.69 Å². The van der Waals surface area contributed by atoms with E-state index in [4.69, 9.17) is 4.74 Å². The second kappa shape index (κ2) is 6.88. The van der Waals surface area contributed by atoms with E-state index in [-0.39, 0.29) is 5.91 Å². The van der Waals surface area contributed by atoms with Crippen LogP contribution in [0.25, 0.3) is 0 Å². The Kier molecular flexibility index (Phi) is 5.17. The predicted octanol–water partition coefficient (Wildman–Crippen LogP) is 0.909. The smallest absolute Gasteiger partial charge is 0.240 e. The first kappa shape index (κ1) is 14.3. The van der Waals surface area contributed by atoms with Gasteiger partial charge >= 0.3 is 0 Å². The summed E-state index contributed by atoms with van der Waals surface area (Å²) in [6, 6.07) is 2.26. The average Bonchev–Trinajstić information content (AvgIpc) is 2.49. The van der Waals surface area contributed by atoms with E-state index in [0.717, 1.165) is 52.1 Å². The lowest BCUT2D eigenvalue weighted by Gasteiger charge is -2.30. The summed E-state index contributed by atoms with van der Waals surface area (Å²) >= 11 is 0. The van der Waals surface area contributed by atoms with Crippen LogP contribution >= 0.6 is 0 Å². The van der Waals surface area contributed by atoms with Gasteiger partial charge in [0.05, 0.1) is 19.3 Å². The maximum atomic E-state index is 12.2. The minimum Gasteiger partial charge on any atom is -0.379 e. The number of morpholine rings is 1. The SMILES string of the molecule is N#CC1(C(=O)NCCN2CCOCC2)CCCCC1. The van der Waals surface area contributed by atoms with Gasteiger partial charge in [-0.05, 0) is 12.8 Å². The monoisotopic (exact) mass is 265 g/mol. The van der Waals surface area contributed by atoms with E-state index in [1.165, 1.54) is 0 Å². The fourth-order valence-corrected chi connectivity index (χ4v) is 2.87. The van der Waals surface area contributed by atoms with Crippen molar-refractivity contribution in [2.75, 3.05) is 39.4 Å². The Morgan fingerprint density at radius 3 is 2.58 bits per heavy atom. The molecule has 0 radical (unpaired) electrons. The Morgan fingerprint density at radius 1 is 1.26 bits per heavy atom. The fourth-order valence-electron chi connectivity index (χ4n) is 2.87. The molecule has 0 aromatic carbocycles. The molecule has 1 aliphatic heterocycles. The van der Waals surface area contributed by atoms with Crippen molar-refractivity contribution in [2.45, 2.75) is 32.1 Å². The standard InChI is InChI=1S/C14H23N3O2/c15-12-14(4-2-1-3-5-14)13(18)16-6-7-17-8-10-19-11-9-17/h1-11H2,(H,16,18). The third-order valence-electron chi connectivity index (χ3n) is 4.17. The van der Waals surface area contributed by atoms with Gasteiger partial charge in [-0.25, -0.2) is 0 Å². The van der Waals surface area contributed by atoms with Gasteiger partial charge in [0.15, 0.2) is 0 Å². The number of hydrogen-bond donors (Lipinski definition) is 1. The Morgan fingerprint density at radius 2 is 1.95 bits per heavy atom. The molecule has 5 heteroatoms. The molecule has 2 rings (SSSR count). The first-order chi connectivity index (χ1) is 9.27. The third-order valence-corrected chi connectivity index (χ3v) is 4.17. The zero-order valence-electron chi connectivity index (χ0n) is 11.5. The van der Waals surface area contributed by atoms with Gasteiger partial charge in [0, 0.05) is 26.2 Å². The average molecular weight is 265 g/mol. The zero-order chi connectivity index (χ0) is 13.6. The topological polar surface area (TPSA) is 65.4 Å². The van der Waals surface area contributed by atoms with E-state index in [9.17, 15) is 10.1 Å². The fraction of sp³-hybridized carbons (Fsp3) is 0.857. The van der Waals surface area contributed by atoms with Crippen molar-refractivity contribution in [1.82, 2.24) is 10.2 Å². The molecule has 0 atom stereocenters. The van der Waals surface area contributed by atoms with E-state index in [1.54, 1.807) is 0 Å². The highest BCUT2D eigenvalue weighted by molar-refractivity contribution is 5.85. The van der Waals surface area contributed by atoms with Crippen molar-refractivity contribution in [1.29, 1.82) is 5.26 Å². The molecule has 106 valence electrons. The van der Waals surface area contributed by atoms with E-state index in [0.29, 0.717) is 19.4 Å². The number of carbonyl (C=O) groups is 1. The Labute approximate surface area is 114 Å². The van der Waals surface area contributed by atoms with E-state index in [2.05, 4.69) is 16.3 Å². The lowest BCUT2D eigenvalue weighted by molar-refractivity contribution is -0.129. The van der Waals surface area contributed by atoms with Crippen LogP contribution in [0.3, 0.4) is 0 Å². The maximum absolute atomic E-state index is 12.2. The Hall–Kier alpha value is -1.12. The minimum absolute atomic E-state index is 0.0667. The number of amides is 1. The van der Waals surface area contributed by atoms with Crippen LogP contribution in [-0.4, -0.2) is 50.2 Å². The minimum atomic E-state index is -0.761. The molecule has 1 amide bonds. The molecule has 1 aliphatic carbocycles. The van der Waals surface area contributed by atoms with Crippen LogP contribution in [-0.2, 0) is 9.53 Å². The molecule has 2 fully saturated rings. The van der Waals surface area contributed by atoms with Crippen molar-refractivity contribution in [3.8, 4) is 6.07 Å². The first-order valence-corrected chi connectivity index (χ1v) is 7.26.